The van der Waals surface area contributed by atoms with Crippen LogP contribution in [0.3, 0.4) is 0 Å². The van der Waals surface area contributed by atoms with E-state index in [4.69, 9.17) is 14.9 Å². The summed E-state index contributed by atoms with van der Waals surface area (Å²) in [6.45, 7) is 3.10. The second-order valence-electron chi connectivity index (χ2n) is 3.70. The Balaban J connectivity index is 2.20. The monoisotopic (exact) mass is 232 g/mol. The average Bonchev–Trinajstić information content (AvgIpc) is 2.85. The number of rotatable bonds is 5. The van der Waals surface area contributed by atoms with Gasteiger partial charge in [0, 0.05) is 5.56 Å². The molecule has 0 bridgehead atoms. The van der Waals surface area contributed by atoms with Crippen LogP contribution in [0.25, 0.3) is 11.3 Å². The van der Waals surface area contributed by atoms with E-state index in [1.807, 2.05) is 24.3 Å². The van der Waals surface area contributed by atoms with E-state index in [0.29, 0.717) is 24.8 Å². The quantitative estimate of drug-likeness (QED) is 0.860. The van der Waals surface area contributed by atoms with Gasteiger partial charge in [-0.3, -0.25) is 0 Å². The van der Waals surface area contributed by atoms with Gasteiger partial charge in [0.25, 0.3) is 0 Å². The molecular formula is C13H16N2O2. The van der Waals surface area contributed by atoms with E-state index in [0.717, 1.165) is 17.7 Å². The van der Waals surface area contributed by atoms with Gasteiger partial charge in [-0.05, 0) is 18.6 Å². The molecule has 0 saturated heterocycles. The number of benzene rings is 1. The van der Waals surface area contributed by atoms with Crippen LogP contribution in [0, 0.1) is 0 Å². The predicted octanol–water partition coefficient (Wildman–Crippen LogP) is 2.59. The van der Waals surface area contributed by atoms with E-state index >= 15 is 0 Å². The highest BCUT2D eigenvalue weighted by atomic mass is 16.5. The summed E-state index contributed by atoms with van der Waals surface area (Å²) in [5, 5.41) is 0. The topological polar surface area (TPSA) is 61.3 Å². The number of hydrogen-bond donors (Lipinski definition) is 1. The summed E-state index contributed by atoms with van der Waals surface area (Å²) < 4.78 is 11.1. The van der Waals surface area contributed by atoms with Crippen molar-refractivity contribution >= 4 is 0 Å². The van der Waals surface area contributed by atoms with Crippen LogP contribution in [-0.4, -0.2) is 11.6 Å². The van der Waals surface area contributed by atoms with Gasteiger partial charge in [0.1, 0.15) is 5.75 Å². The molecule has 1 aromatic carbocycles. The van der Waals surface area contributed by atoms with Gasteiger partial charge >= 0.3 is 0 Å². The SMILES string of the molecule is CCCOc1cccc(-c2cnc(CN)o2)c1. The lowest BCUT2D eigenvalue weighted by molar-refractivity contribution is 0.317. The highest BCUT2D eigenvalue weighted by molar-refractivity contribution is 5.58. The zero-order valence-corrected chi connectivity index (χ0v) is 9.85. The van der Waals surface area contributed by atoms with Crippen molar-refractivity contribution < 1.29 is 9.15 Å². The second kappa shape index (κ2) is 5.50. The van der Waals surface area contributed by atoms with Gasteiger partial charge in [0.15, 0.2) is 5.76 Å². The largest absolute Gasteiger partial charge is 0.494 e. The lowest BCUT2D eigenvalue weighted by Crippen LogP contribution is -1.95. The van der Waals surface area contributed by atoms with Crippen molar-refractivity contribution in [2.45, 2.75) is 19.9 Å². The van der Waals surface area contributed by atoms with Gasteiger partial charge in [-0.15, -0.1) is 0 Å². The van der Waals surface area contributed by atoms with Crippen LogP contribution in [0.2, 0.25) is 0 Å². The molecule has 0 aliphatic rings. The fourth-order valence-corrected chi connectivity index (χ4v) is 1.50. The van der Waals surface area contributed by atoms with Crippen LogP contribution in [-0.2, 0) is 6.54 Å². The van der Waals surface area contributed by atoms with Gasteiger partial charge in [-0.25, -0.2) is 4.98 Å². The van der Waals surface area contributed by atoms with E-state index < -0.39 is 0 Å². The van der Waals surface area contributed by atoms with Crippen molar-refractivity contribution in [3.05, 3.63) is 36.4 Å². The molecule has 0 atom stereocenters. The Kier molecular flexibility index (Phi) is 3.77. The Morgan fingerprint density at radius 2 is 2.29 bits per heavy atom. The van der Waals surface area contributed by atoms with E-state index in [-0.39, 0.29) is 0 Å². The third-order valence-electron chi connectivity index (χ3n) is 2.32. The summed E-state index contributed by atoms with van der Waals surface area (Å²) in [5.74, 6) is 2.10. The lowest BCUT2D eigenvalue weighted by Gasteiger charge is -2.05. The maximum absolute atomic E-state index is 5.56. The maximum Gasteiger partial charge on any atom is 0.208 e. The minimum Gasteiger partial charge on any atom is -0.494 e. The fraction of sp³-hybridized carbons (Fsp3) is 0.308. The molecule has 2 rings (SSSR count). The molecule has 4 heteroatoms. The number of oxazole rings is 1. The van der Waals surface area contributed by atoms with Crippen molar-refractivity contribution in [1.29, 1.82) is 0 Å². The highest BCUT2D eigenvalue weighted by Gasteiger charge is 2.06. The van der Waals surface area contributed by atoms with Gasteiger partial charge in [0.05, 0.1) is 19.3 Å². The van der Waals surface area contributed by atoms with E-state index in [1.54, 1.807) is 6.20 Å². The Bertz CT molecular complexity index is 480. The Morgan fingerprint density at radius 3 is 3.00 bits per heavy atom. The number of nitrogens with two attached hydrogens (primary N) is 1. The molecule has 0 aliphatic heterocycles. The van der Waals surface area contributed by atoms with Gasteiger partial charge < -0.3 is 14.9 Å². The zero-order valence-electron chi connectivity index (χ0n) is 9.85. The molecule has 0 spiro atoms. The molecule has 2 aromatic rings. The molecule has 1 aromatic heterocycles. The van der Waals surface area contributed by atoms with Crippen LogP contribution >= 0.6 is 0 Å². The van der Waals surface area contributed by atoms with Gasteiger partial charge in [-0.1, -0.05) is 19.1 Å². The summed E-state index contributed by atoms with van der Waals surface area (Å²) in [7, 11) is 0. The molecule has 0 amide bonds. The van der Waals surface area contributed by atoms with Crippen LogP contribution in [0.5, 0.6) is 5.75 Å². The number of hydrogen-bond acceptors (Lipinski definition) is 4. The van der Waals surface area contributed by atoms with Gasteiger partial charge in [0.2, 0.25) is 5.89 Å². The molecule has 90 valence electrons. The first-order valence-electron chi connectivity index (χ1n) is 5.71. The molecule has 0 radical (unpaired) electrons. The number of aromatic nitrogens is 1. The Hall–Kier alpha value is -1.81. The summed E-state index contributed by atoms with van der Waals surface area (Å²) in [4.78, 5) is 4.07. The molecular weight excluding hydrogens is 216 g/mol. The first-order valence-corrected chi connectivity index (χ1v) is 5.71. The standard InChI is InChI=1S/C13H16N2O2/c1-2-6-16-11-5-3-4-10(7-11)12-9-15-13(8-14)17-12/h3-5,7,9H,2,6,8,14H2,1H3. The summed E-state index contributed by atoms with van der Waals surface area (Å²) in [6, 6.07) is 7.76. The summed E-state index contributed by atoms with van der Waals surface area (Å²) in [6.07, 6.45) is 2.67. The van der Waals surface area contributed by atoms with Crippen molar-refractivity contribution in [3.63, 3.8) is 0 Å². The Labute approximate surface area is 100 Å². The molecule has 0 unspecified atom stereocenters. The number of nitrogens with zero attached hydrogens (tertiary/aromatic N) is 1. The Morgan fingerprint density at radius 1 is 1.41 bits per heavy atom. The van der Waals surface area contributed by atoms with Crippen molar-refractivity contribution in [2.75, 3.05) is 6.61 Å². The van der Waals surface area contributed by atoms with Crippen LogP contribution in [0.1, 0.15) is 19.2 Å². The van der Waals surface area contributed by atoms with Gasteiger partial charge in [-0.2, -0.15) is 0 Å². The van der Waals surface area contributed by atoms with Crippen molar-refractivity contribution in [2.24, 2.45) is 5.73 Å². The average molecular weight is 232 g/mol. The zero-order chi connectivity index (χ0) is 12.1. The van der Waals surface area contributed by atoms with E-state index in [1.165, 1.54) is 0 Å². The molecule has 4 nitrogen and oxygen atoms in total. The lowest BCUT2D eigenvalue weighted by atomic mass is 10.2. The molecule has 17 heavy (non-hydrogen) atoms. The van der Waals surface area contributed by atoms with Crippen LogP contribution < -0.4 is 10.5 Å². The third-order valence-corrected chi connectivity index (χ3v) is 2.32. The number of ether oxygens (including phenoxy) is 1. The molecule has 2 N–H and O–H groups in total. The first kappa shape index (κ1) is 11.7. The highest BCUT2D eigenvalue weighted by Crippen LogP contribution is 2.24. The minimum atomic E-state index is 0.312. The van der Waals surface area contributed by atoms with Crippen LogP contribution in [0.4, 0.5) is 0 Å². The minimum absolute atomic E-state index is 0.312. The summed E-state index contributed by atoms with van der Waals surface area (Å²) >= 11 is 0. The molecule has 0 aliphatic carbocycles. The van der Waals surface area contributed by atoms with E-state index in [2.05, 4.69) is 11.9 Å². The van der Waals surface area contributed by atoms with E-state index in [9.17, 15) is 0 Å². The second-order valence-corrected chi connectivity index (χ2v) is 3.70. The van der Waals surface area contributed by atoms with Crippen molar-refractivity contribution in [1.82, 2.24) is 4.98 Å². The molecule has 0 fully saturated rings. The van der Waals surface area contributed by atoms with Crippen LogP contribution in [0.15, 0.2) is 34.9 Å². The smallest absolute Gasteiger partial charge is 0.208 e. The third kappa shape index (κ3) is 2.85. The predicted molar refractivity (Wildman–Crippen MR) is 65.6 cm³/mol. The molecule has 1 heterocycles. The maximum atomic E-state index is 5.56. The first-order chi connectivity index (χ1) is 8.33. The normalized spacial score (nSPS) is 10.5. The molecule has 0 saturated carbocycles. The fourth-order valence-electron chi connectivity index (χ4n) is 1.50. The summed E-state index contributed by atoms with van der Waals surface area (Å²) in [5.41, 5.74) is 6.41. The van der Waals surface area contributed by atoms with Crippen molar-refractivity contribution in [3.8, 4) is 17.1 Å².